The Balaban J connectivity index is 2.73. The van der Waals surface area contributed by atoms with Crippen LogP contribution in [0.2, 0.25) is 0 Å². The molecule has 0 aliphatic carbocycles. The van der Waals surface area contributed by atoms with Crippen molar-refractivity contribution in [3.8, 4) is 0 Å². The standard InChI is InChI=1S/C13H22N2O4S2/c1-4-5-6-7-13(2,3)8-15-21(18,19)12-10(11(16)17)14-9-20-12/h9,15H,4-8H2,1-3H3,(H,16,17). The maximum atomic E-state index is 12.2. The van der Waals surface area contributed by atoms with Gasteiger partial charge in [0.05, 0.1) is 5.51 Å². The van der Waals surface area contributed by atoms with Gasteiger partial charge >= 0.3 is 5.97 Å². The Kier molecular flexibility index (Phi) is 6.30. The lowest BCUT2D eigenvalue weighted by molar-refractivity contribution is 0.0687. The lowest BCUT2D eigenvalue weighted by Gasteiger charge is -2.24. The van der Waals surface area contributed by atoms with E-state index >= 15 is 0 Å². The number of aromatic carboxylic acids is 1. The van der Waals surface area contributed by atoms with Gasteiger partial charge in [-0.15, -0.1) is 11.3 Å². The quantitative estimate of drug-likeness (QED) is 0.677. The Morgan fingerprint density at radius 1 is 1.43 bits per heavy atom. The molecule has 2 N–H and O–H groups in total. The first-order chi connectivity index (χ1) is 9.69. The fraction of sp³-hybridized carbons (Fsp3) is 0.692. The van der Waals surface area contributed by atoms with Crippen molar-refractivity contribution in [2.45, 2.75) is 50.7 Å². The molecule has 1 rings (SSSR count). The van der Waals surface area contributed by atoms with Gasteiger partial charge in [0.15, 0.2) is 9.90 Å². The largest absolute Gasteiger partial charge is 0.476 e. The second kappa shape index (κ2) is 7.33. The Morgan fingerprint density at radius 2 is 2.10 bits per heavy atom. The monoisotopic (exact) mass is 334 g/mol. The molecule has 6 nitrogen and oxygen atoms in total. The lowest BCUT2D eigenvalue weighted by Crippen LogP contribution is -2.34. The molecule has 0 fully saturated rings. The Labute approximate surface area is 129 Å². The third kappa shape index (κ3) is 5.37. The van der Waals surface area contributed by atoms with E-state index in [0.717, 1.165) is 37.0 Å². The molecule has 8 heteroatoms. The van der Waals surface area contributed by atoms with E-state index in [-0.39, 0.29) is 16.2 Å². The number of hydrogen-bond acceptors (Lipinski definition) is 5. The number of rotatable bonds is 9. The normalized spacial score (nSPS) is 12.5. The fourth-order valence-corrected chi connectivity index (χ4v) is 4.29. The molecule has 0 aromatic carbocycles. The molecule has 1 aromatic heterocycles. The molecule has 0 bridgehead atoms. The first-order valence-electron chi connectivity index (χ1n) is 6.86. The number of nitrogens with one attached hydrogen (secondary N) is 1. The minimum atomic E-state index is -3.83. The zero-order chi connectivity index (χ0) is 16.1. The van der Waals surface area contributed by atoms with Crippen LogP contribution >= 0.6 is 11.3 Å². The van der Waals surface area contributed by atoms with E-state index in [1.807, 2.05) is 13.8 Å². The molecule has 21 heavy (non-hydrogen) atoms. The SMILES string of the molecule is CCCCCC(C)(C)CNS(=O)(=O)c1scnc1C(=O)O. The highest BCUT2D eigenvalue weighted by molar-refractivity contribution is 7.91. The summed E-state index contributed by atoms with van der Waals surface area (Å²) in [6.07, 6.45) is 4.20. The predicted molar refractivity (Wildman–Crippen MR) is 82.2 cm³/mol. The number of aromatic nitrogens is 1. The van der Waals surface area contributed by atoms with Crippen LogP contribution in [0, 0.1) is 5.41 Å². The van der Waals surface area contributed by atoms with Crippen molar-refractivity contribution in [1.29, 1.82) is 0 Å². The molecule has 0 amide bonds. The number of carbonyl (C=O) groups is 1. The van der Waals surface area contributed by atoms with Gasteiger partial charge in [-0.2, -0.15) is 0 Å². The van der Waals surface area contributed by atoms with E-state index in [9.17, 15) is 13.2 Å². The number of thiazole rings is 1. The van der Waals surface area contributed by atoms with Gasteiger partial charge in [-0.3, -0.25) is 0 Å². The van der Waals surface area contributed by atoms with Gasteiger partial charge in [-0.25, -0.2) is 22.9 Å². The summed E-state index contributed by atoms with van der Waals surface area (Å²) in [6.45, 7) is 6.38. The first kappa shape index (κ1) is 18.1. The number of unbranched alkanes of at least 4 members (excludes halogenated alkanes) is 2. The van der Waals surface area contributed by atoms with E-state index in [0.29, 0.717) is 0 Å². The summed E-state index contributed by atoms with van der Waals surface area (Å²) in [7, 11) is -3.83. The first-order valence-corrected chi connectivity index (χ1v) is 9.22. The molecule has 120 valence electrons. The van der Waals surface area contributed by atoms with Crippen LogP contribution < -0.4 is 4.72 Å². The van der Waals surface area contributed by atoms with E-state index in [1.54, 1.807) is 0 Å². The van der Waals surface area contributed by atoms with Crippen molar-refractivity contribution >= 4 is 27.3 Å². The third-order valence-corrected chi connectivity index (χ3v) is 5.95. The number of carboxylic acids is 1. The van der Waals surface area contributed by atoms with Crippen LogP contribution in [0.4, 0.5) is 0 Å². The average Bonchev–Trinajstić information content (AvgIpc) is 2.87. The number of carboxylic acid groups (broad SMARTS) is 1. The highest BCUT2D eigenvalue weighted by Gasteiger charge is 2.28. The van der Waals surface area contributed by atoms with Crippen LogP contribution in [-0.4, -0.2) is 31.0 Å². The van der Waals surface area contributed by atoms with Gasteiger partial charge in [-0.05, 0) is 11.8 Å². The summed E-state index contributed by atoms with van der Waals surface area (Å²) < 4.78 is 26.6. The number of sulfonamides is 1. The predicted octanol–water partition coefficient (Wildman–Crippen LogP) is 2.73. The van der Waals surface area contributed by atoms with Crippen LogP contribution in [0.1, 0.15) is 56.9 Å². The molecule has 0 atom stereocenters. The van der Waals surface area contributed by atoms with E-state index in [1.165, 1.54) is 5.51 Å². The van der Waals surface area contributed by atoms with E-state index in [2.05, 4.69) is 16.6 Å². The molecule has 1 heterocycles. The second-order valence-electron chi connectivity index (χ2n) is 5.74. The molecule has 0 unspecified atom stereocenters. The zero-order valence-electron chi connectivity index (χ0n) is 12.5. The van der Waals surface area contributed by atoms with Crippen molar-refractivity contribution in [2.75, 3.05) is 6.54 Å². The molecule has 0 radical (unpaired) electrons. The van der Waals surface area contributed by atoms with Crippen LogP contribution in [-0.2, 0) is 10.0 Å². The summed E-state index contributed by atoms with van der Waals surface area (Å²) in [6, 6.07) is 0. The summed E-state index contributed by atoms with van der Waals surface area (Å²) in [5, 5.41) is 8.94. The molecular formula is C13H22N2O4S2. The Morgan fingerprint density at radius 3 is 2.67 bits per heavy atom. The minimum absolute atomic E-state index is 0.170. The third-order valence-electron chi connectivity index (χ3n) is 3.18. The number of hydrogen-bond donors (Lipinski definition) is 2. The summed E-state index contributed by atoms with van der Waals surface area (Å²) in [5.74, 6) is -1.33. The molecule has 0 spiro atoms. The maximum Gasteiger partial charge on any atom is 0.356 e. The Hall–Kier alpha value is -0.990. The van der Waals surface area contributed by atoms with Gasteiger partial charge < -0.3 is 5.11 Å². The van der Waals surface area contributed by atoms with Gasteiger partial charge in [0.25, 0.3) is 10.0 Å². The fourth-order valence-electron chi connectivity index (χ4n) is 1.87. The van der Waals surface area contributed by atoms with Crippen LogP contribution in [0.25, 0.3) is 0 Å². The summed E-state index contributed by atoms with van der Waals surface area (Å²) >= 11 is 0.814. The van der Waals surface area contributed by atoms with Crippen LogP contribution in [0.3, 0.4) is 0 Å². The van der Waals surface area contributed by atoms with Crippen molar-refractivity contribution in [3.05, 3.63) is 11.2 Å². The summed E-state index contributed by atoms with van der Waals surface area (Å²) in [4.78, 5) is 14.5. The van der Waals surface area contributed by atoms with Crippen molar-refractivity contribution in [2.24, 2.45) is 5.41 Å². The molecule has 0 aliphatic heterocycles. The number of nitrogens with zero attached hydrogens (tertiary/aromatic N) is 1. The topological polar surface area (TPSA) is 96.4 Å². The van der Waals surface area contributed by atoms with Gasteiger partial charge in [-0.1, -0.05) is 40.0 Å². The highest BCUT2D eigenvalue weighted by Crippen LogP contribution is 2.25. The van der Waals surface area contributed by atoms with Crippen LogP contribution in [0.5, 0.6) is 0 Å². The van der Waals surface area contributed by atoms with Crippen molar-refractivity contribution in [3.63, 3.8) is 0 Å². The molecule has 1 aromatic rings. The molecular weight excluding hydrogens is 312 g/mol. The van der Waals surface area contributed by atoms with Crippen LogP contribution in [0.15, 0.2) is 9.72 Å². The van der Waals surface area contributed by atoms with E-state index in [4.69, 9.17) is 5.11 Å². The molecule has 0 aliphatic rings. The Bertz CT molecular complexity index is 579. The van der Waals surface area contributed by atoms with Crippen molar-refractivity contribution in [1.82, 2.24) is 9.71 Å². The molecule has 0 saturated carbocycles. The summed E-state index contributed by atoms with van der Waals surface area (Å²) in [5.41, 5.74) is 0.636. The van der Waals surface area contributed by atoms with Gasteiger partial charge in [0, 0.05) is 6.54 Å². The zero-order valence-corrected chi connectivity index (χ0v) is 14.2. The second-order valence-corrected chi connectivity index (χ2v) is 8.56. The van der Waals surface area contributed by atoms with Crippen molar-refractivity contribution < 1.29 is 18.3 Å². The lowest BCUT2D eigenvalue weighted by atomic mass is 9.87. The highest BCUT2D eigenvalue weighted by atomic mass is 32.2. The van der Waals surface area contributed by atoms with Gasteiger partial charge in [0.1, 0.15) is 0 Å². The van der Waals surface area contributed by atoms with E-state index < -0.39 is 21.7 Å². The maximum absolute atomic E-state index is 12.2. The average molecular weight is 334 g/mol. The smallest absolute Gasteiger partial charge is 0.356 e. The minimum Gasteiger partial charge on any atom is -0.476 e. The van der Waals surface area contributed by atoms with Gasteiger partial charge in [0.2, 0.25) is 0 Å². The molecule has 0 saturated heterocycles.